The van der Waals surface area contributed by atoms with Crippen LogP contribution in [0.3, 0.4) is 0 Å². The van der Waals surface area contributed by atoms with Crippen LogP contribution in [0.4, 0.5) is 0 Å². The first-order valence-corrected chi connectivity index (χ1v) is 5.76. The normalized spacial score (nSPS) is 26.9. The third-order valence-electron chi connectivity index (χ3n) is 3.86. The minimum Gasteiger partial charge on any atom is -0.299 e. The Kier molecular flexibility index (Phi) is 2.52. The van der Waals surface area contributed by atoms with Crippen molar-refractivity contribution in [3.8, 4) is 6.07 Å². The third-order valence-corrected chi connectivity index (χ3v) is 3.86. The van der Waals surface area contributed by atoms with E-state index in [2.05, 4.69) is 43.4 Å². The Bertz CT molecular complexity index is 442. The van der Waals surface area contributed by atoms with Crippen molar-refractivity contribution in [1.82, 2.24) is 5.32 Å². The Morgan fingerprint density at radius 3 is 2.38 bits per heavy atom. The van der Waals surface area contributed by atoms with Gasteiger partial charge in [-0.15, -0.1) is 0 Å². The minimum absolute atomic E-state index is 0.174. The van der Waals surface area contributed by atoms with E-state index in [1.165, 1.54) is 5.56 Å². The molecule has 0 radical (unpaired) electrons. The second-order valence-electron chi connectivity index (χ2n) is 5.20. The minimum atomic E-state index is -0.494. The molecule has 1 atom stereocenters. The molecule has 1 N–H and O–H groups in total. The summed E-state index contributed by atoms with van der Waals surface area (Å²) in [5.74, 6) is 0. The molecule has 1 aliphatic rings. The van der Waals surface area contributed by atoms with Gasteiger partial charge in [-0.05, 0) is 36.4 Å². The van der Waals surface area contributed by atoms with Crippen LogP contribution in [0.25, 0.3) is 0 Å². The second-order valence-corrected chi connectivity index (χ2v) is 5.20. The number of nitrogens with zero attached hydrogens (tertiary/aromatic N) is 1. The lowest BCUT2D eigenvalue weighted by Crippen LogP contribution is -2.45. The smallest absolute Gasteiger partial charge is 0.132 e. The molecular weight excluding hydrogens is 196 g/mol. The summed E-state index contributed by atoms with van der Waals surface area (Å²) >= 11 is 0. The lowest BCUT2D eigenvalue weighted by molar-refractivity contribution is 0.315. The molecule has 0 spiro atoms. The number of hydrogen-bond donors (Lipinski definition) is 1. The van der Waals surface area contributed by atoms with Crippen molar-refractivity contribution in [1.29, 1.82) is 5.26 Å². The standard InChI is InChI=1S/C14H18N2/c1-13(2)8-9-14(10-15,16-3)12-7-5-4-6-11(12)13/h4-7,16H,8-9H2,1-3H3. The molecule has 1 unspecified atom stereocenters. The predicted molar refractivity (Wildman–Crippen MR) is 65.1 cm³/mol. The Morgan fingerprint density at radius 2 is 1.81 bits per heavy atom. The predicted octanol–water partition coefficient (Wildman–Crippen LogP) is 2.70. The SMILES string of the molecule is CNC1(C#N)CCC(C)(C)c2ccccc21. The van der Waals surface area contributed by atoms with Crippen LogP contribution >= 0.6 is 0 Å². The molecule has 1 aromatic rings. The Morgan fingerprint density at radius 1 is 1.19 bits per heavy atom. The number of hydrogen-bond acceptors (Lipinski definition) is 2. The number of benzene rings is 1. The van der Waals surface area contributed by atoms with Gasteiger partial charge in [0.2, 0.25) is 0 Å². The van der Waals surface area contributed by atoms with Gasteiger partial charge in [0.1, 0.15) is 5.54 Å². The van der Waals surface area contributed by atoms with E-state index in [4.69, 9.17) is 0 Å². The zero-order valence-electron chi connectivity index (χ0n) is 10.2. The van der Waals surface area contributed by atoms with E-state index < -0.39 is 5.54 Å². The molecule has 2 heteroatoms. The highest BCUT2D eigenvalue weighted by Gasteiger charge is 2.41. The summed E-state index contributed by atoms with van der Waals surface area (Å²) in [6.45, 7) is 4.51. The molecular formula is C14H18N2. The summed E-state index contributed by atoms with van der Waals surface area (Å²) in [6, 6.07) is 10.8. The Hall–Kier alpha value is -1.33. The van der Waals surface area contributed by atoms with Crippen LogP contribution < -0.4 is 5.32 Å². The summed E-state index contributed by atoms with van der Waals surface area (Å²) < 4.78 is 0. The maximum Gasteiger partial charge on any atom is 0.132 e. The molecule has 0 aliphatic heterocycles. The van der Waals surface area contributed by atoms with Crippen molar-refractivity contribution in [3.63, 3.8) is 0 Å². The fraction of sp³-hybridized carbons (Fsp3) is 0.500. The van der Waals surface area contributed by atoms with Gasteiger partial charge in [-0.25, -0.2) is 0 Å². The zero-order valence-corrected chi connectivity index (χ0v) is 10.2. The molecule has 0 saturated carbocycles. The molecule has 1 aromatic carbocycles. The van der Waals surface area contributed by atoms with E-state index in [1.807, 2.05) is 13.1 Å². The molecule has 16 heavy (non-hydrogen) atoms. The van der Waals surface area contributed by atoms with Gasteiger partial charge in [0.25, 0.3) is 0 Å². The highest BCUT2D eigenvalue weighted by atomic mass is 14.9. The van der Waals surface area contributed by atoms with Gasteiger partial charge in [0, 0.05) is 0 Å². The van der Waals surface area contributed by atoms with Crippen molar-refractivity contribution in [3.05, 3.63) is 35.4 Å². The average molecular weight is 214 g/mol. The van der Waals surface area contributed by atoms with Crippen molar-refractivity contribution in [2.24, 2.45) is 0 Å². The molecule has 2 nitrogen and oxygen atoms in total. The highest BCUT2D eigenvalue weighted by molar-refractivity contribution is 5.44. The van der Waals surface area contributed by atoms with Gasteiger partial charge in [-0.1, -0.05) is 38.1 Å². The number of nitrogens with one attached hydrogen (secondary N) is 1. The Balaban J connectivity index is 2.65. The fourth-order valence-electron chi connectivity index (χ4n) is 2.65. The van der Waals surface area contributed by atoms with Crippen LogP contribution in [-0.4, -0.2) is 7.05 Å². The lowest BCUT2D eigenvalue weighted by atomic mass is 9.66. The van der Waals surface area contributed by atoms with Gasteiger partial charge in [0.05, 0.1) is 6.07 Å². The summed E-state index contributed by atoms with van der Waals surface area (Å²) in [4.78, 5) is 0. The van der Waals surface area contributed by atoms with Crippen molar-refractivity contribution < 1.29 is 0 Å². The molecule has 0 amide bonds. The molecule has 84 valence electrons. The summed E-state index contributed by atoms with van der Waals surface area (Å²) in [5.41, 5.74) is 2.13. The Labute approximate surface area is 97.3 Å². The van der Waals surface area contributed by atoms with Gasteiger partial charge in [-0.3, -0.25) is 5.32 Å². The number of rotatable bonds is 1. The van der Waals surface area contributed by atoms with Crippen LogP contribution in [0.5, 0.6) is 0 Å². The van der Waals surface area contributed by atoms with Gasteiger partial charge in [0.15, 0.2) is 0 Å². The summed E-state index contributed by atoms with van der Waals surface area (Å²) in [7, 11) is 1.87. The van der Waals surface area contributed by atoms with E-state index in [9.17, 15) is 5.26 Å². The lowest BCUT2D eigenvalue weighted by Gasteiger charge is -2.41. The first-order chi connectivity index (χ1) is 7.56. The maximum absolute atomic E-state index is 9.45. The van der Waals surface area contributed by atoms with E-state index in [-0.39, 0.29) is 5.41 Å². The van der Waals surface area contributed by atoms with Gasteiger partial charge >= 0.3 is 0 Å². The van der Waals surface area contributed by atoms with Crippen molar-refractivity contribution in [2.45, 2.75) is 37.6 Å². The van der Waals surface area contributed by atoms with Crippen LogP contribution in [0.2, 0.25) is 0 Å². The molecule has 0 aromatic heterocycles. The summed E-state index contributed by atoms with van der Waals surface area (Å²) in [5, 5.41) is 12.6. The molecule has 0 saturated heterocycles. The van der Waals surface area contributed by atoms with Crippen molar-refractivity contribution in [2.75, 3.05) is 7.05 Å². The average Bonchev–Trinajstić information content (AvgIpc) is 2.31. The largest absolute Gasteiger partial charge is 0.299 e. The van der Waals surface area contributed by atoms with E-state index in [1.54, 1.807) is 0 Å². The molecule has 0 fully saturated rings. The fourth-order valence-corrected chi connectivity index (χ4v) is 2.65. The van der Waals surface area contributed by atoms with E-state index >= 15 is 0 Å². The maximum atomic E-state index is 9.45. The van der Waals surface area contributed by atoms with Crippen molar-refractivity contribution >= 4 is 0 Å². The molecule has 1 aliphatic carbocycles. The topological polar surface area (TPSA) is 35.8 Å². The second kappa shape index (κ2) is 3.61. The number of nitriles is 1. The molecule has 0 bridgehead atoms. The van der Waals surface area contributed by atoms with Gasteiger partial charge < -0.3 is 0 Å². The highest BCUT2D eigenvalue weighted by Crippen LogP contribution is 2.44. The number of fused-ring (bicyclic) bond motifs is 1. The van der Waals surface area contributed by atoms with Gasteiger partial charge in [-0.2, -0.15) is 5.26 Å². The molecule has 0 heterocycles. The third kappa shape index (κ3) is 1.44. The monoisotopic (exact) mass is 214 g/mol. The zero-order chi connectivity index (χ0) is 11.8. The van der Waals surface area contributed by atoms with Crippen LogP contribution in [-0.2, 0) is 11.0 Å². The van der Waals surface area contributed by atoms with Crippen LogP contribution in [0.1, 0.15) is 37.8 Å². The first kappa shape index (κ1) is 11.2. The quantitative estimate of drug-likeness (QED) is 0.780. The van der Waals surface area contributed by atoms with Crippen LogP contribution in [0.15, 0.2) is 24.3 Å². The van der Waals surface area contributed by atoms with E-state index in [0.717, 1.165) is 18.4 Å². The van der Waals surface area contributed by atoms with Crippen LogP contribution in [0, 0.1) is 11.3 Å². The first-order valence-electron chi connectivity index (χ1n) is 5.76. The summed E-state index contributed by atoms with van der Waals surface area (Å²) in [6.07, 6.45) is 1.92. The molecule has 2 rings (SSSR count). The van der Waals surface area contributed by atoms with E-state index in [0.29, 0.717) is 0 Å².